The zero-order valence-corrected chi connectivity index (χ0v) is 11.4. The lowest BCUT2D eigenvalue weighted by molar-refractivity contribution is 0.352. The van der Waals surface area contributed by atoms with Crippen molar-refractivity contribution in [3.8, 4) is 11.5 Å². The van der Waals surface area contributed by atoms with E-state index in [1.54, 1.807) is 0 Å². The second-order valence-corrected chi connectivity index (χ2v) is 5.19. The molecule has 0 bridgehead atoms. The Kier molecular flexibility index (Phi) is 3.35. The molecule has 0 unspecified atom stereocenters. The van der Waals surface area contributed by atoms with Gasteiger partial charge in [0.1, 0.15) is 11.5 Å². The minimum Gasteiger partial charge on any atom is -0.493 e. The van der Waals surface area contributed by atoms with Crippen molar-refractivity contribution in [2.75, 3.05) is 26.8 Å². The average Bonchev–Trinajstić information content (AvgIpc) is 3.02. The van der Waals surface area contributed by atoms with Gasteiger partial charge in [-0.3, -0.25) is 0 Å². The van der Waals surface area contributed by atoms with Gasteiger partial charge in [-0.15, -0.1) is 0 Å². The summed E-state index contributed by atoms with van der Waals surface area (Å²) in [5, 5.41) is 3.97. The van der Waals surface area contributed by atoms with Crippen LogP contribution in [0.2, 0.25) is 5.02 Å². The normalized spacial score (nSPS) is 16.1. The van der Waals surface area contributed by atoms with Crippen LogP contribution in [0.3, 0.4) is 0 Å². The first-order valence-electron chi connectivity index (χ1n) is 6.59. The van der Waals surface area contributed by atoms with E-state index in [9.17, 15) is 0 Å². The highest BCUT2D eigenvalue weighted by molar-refractivity contribution is 6.33. The van der Waals surface area contributed by atoms with Crippen molar-refractivity contribution in [2.45, 2.75) is 25.7 Å². The molecule has 0 saturated heterocycles. The molecule has 2 aliphatic heterocycles. The summed E-state index contributed by atoms with van der Waals surface area (Å²) in [7, 11) is 1.98. The molecule has 1 aromatic rings. The molecule has 0 saturated carbocycles. The Hall–Kier alpha value is -0.930. The maximum absolute atomic E-state index is 6.42. The fraction of sp³-hybridized carbons (Fsp3) is 0.571. The predicted molar refractivity (Wildman–Crippen MR) is 72.1 cm³/mol. The molecular formula is C14H18ClNO2. The maximum Gasteiger partial charge on any atom is 0.142 e. The highest BCUT2D eigenvalue weighted by Crippen LogP contribution is 2.47. The highest BCUT2D eigenvalue weighted by Gasteiger charge is 2.30. The molecular weight excluding hydrogens is 250 g/mol. The zero-order valence-electron chi connectivity index (χ0n) is 10.6. The Labute approximate surface area is 112 Å². The van der Waals surface area contributed by atoms with E-state index in [1.807, 2.05) is 7.05 Å². The molecule has 2 heterocycles. The van der Waals surface area contributed by atoms with Crippen LogP contribution in [0, 0.1) is 0 Å². The van der Waals surface area contributed by atoms with Gasteiger partial charge in [-0.1, -0.05) is 11.6 Å². The van der Waals surface area contributed by atoms with Crippen molar-refractivity contribution in [2.24, 2.45) is 0 Å². The zero-order chi connectivity index (χ0) is 12.5. The van der Waals surface area contributed by atoms with Crippen LogP contribution in [0.1, 0.15) is 23.1 Å². The number of hydrogen-bond donors (Lipinski definition) is 1. The molecule has 1 aromatic carbocycles. The lowest BCUT2D eigenvalue weighted by Crippen LogP contribution is -2.09. The molecule has 18 heavy (non-hydrogen) atoms. The maximum atomic E-state index is 6.42. The molecule has 0 radical (unpaired) electrons. The molecule has 0 fully saturated rings. The molecule has 0 atom stereocenters. The summed E-state index contributed by atoms with van der Waals surface area (Å²) in [5.74, 6) is 1.96. The van der Waals surface area contributed by atoms with Crippen molar-refractivity contribution in [3.63, 3.8) is 0 Å². The topological polar surface area (TPSA) is 30.5 Å². The van der Waals surface area contributed by atoms with Gasteiger partial charge in [0.05, 0.1) is 18.2 Å². The lowest BCUT2D eigenvalue weighted by atomic mass is 9.96. The number of benzene rings is 1. The largest absolute Gasteiger partial charge is 0.493 e. The lowest BCUT2D eigenvalue weighted by Gasteiger charge is -2.14. The fourth-order valence-electron chi connectivity index (χ4n) is 2.85. The number of ether oxygens (including phenoxy) is 2. The predicted octanol–water partition coefficient (Wildman–Crippen LogP) is 2.36. The van der Waals surface area contributed by atoms with E-state index in [2.05, 4.69) is 5.32 Å². The van der Waals surface area contributed by atoms with Gasteiger partial charge in [0.2, 0.25) is 0 Å². The van der Waals surface area contributed by atoms with E-state index in [-0.39, 0.29) is 0 Å². The van der Waals surface area contributed by atoms with Crippen LogP contribution >= 0.6 is 11.6 Å². The van der Waals surface area contributed by atoms with Gasteiger partial charge in [0, 0.05) is 29.5 Å². The summed E-state index contributed by atoms with van der Waals surface area (Å²) in [6.07, 6.45) is 4.01. The van der Waals surface area contributed by atoms with Gasteiger partial charge < -0.3 is 14.8 Å². The Bertz CT molecular complexity index is 438. The van der Waals surface area contributed by atoms with Gasteiger partial charge in [0.15, 0.2) is 0 Å². The summed E-state index contributed by atoms with van der Waals surface area (Å²) >= 11 is 6.42. The number of hydrogen-bond acceptors (Lipinski definition) is 3. The van der Waals surface area contributed by atoms with E-state index in [0.717, 1.165) is 67.5 Å². The van der Waals surface area contributed by atoms with E-state index >= 15 is 0 Å². The van der Waals surface area contributed by atoms with Crippen molar-refractivity contribution in [3.05, 3.63) is 21.7 Å². The molecule has 4 heteroatoms. The van der Waals surface area contributed by atoms with Crippen LogP contribution in [0.15, 0.2) is 0 Å². The third-order valence-corrected chi connectivity index (χ3v) is 4.10. The molecule has 98 valence electrons. The Morgan fingerprint density at radius 3 is 2.61 bits per heavy atom. The summed E-state index contributed by atoms with van der Waals surface area (Å²) in [4.78, 5) is 0. The van der Waals surface area contributed by atoms with Crippen LogP contribution in [-0.2, 0) is 19.3 Å². The minimum atomic E-state index is 0.747. The Balaban J connectivity index is 2.01. The van der Waals surface area contributed by atoms with E-state index in [0.29, 0.717) is 0 Å². The van der Waals surface area contributed by atoms with Gasteiger partial charge >= 0.3 is 0 Å². The molecule has 3 nitrogen and oxygen atoms in total. The van der Waals surface area contributed by atoms with Crippen molar-refractivity contribution in [1.29, 1.82) is 0 Å². The van der Waals surface area contributed by atoms with Crippen molar-refractivity contribution in [1.82, 2.24) is 5.32 Å². The van der Waals surface area contributed by atoms with Crippen LogP contribution < -0.4 is 14.8 Å². The third-order valence-electron chi connectivity index (χ3n) is 3.70. The first kappa shape index (κ1) is 12.1. The standard InChI is InChI=1S/C14H18ClNO2/c1-16-6-2-3-9-10-4-7-18-14(10)12(15)11-5-8-17-13(9)11/h16H,2-8H2,1H3. The van der Waals surface area contributed by atoms with Crippen molar-refractivity contribution >= 4 is 11.6 Å². The second-order valence-electron chi connectivity index (χ2n) is 4.81. The van der Waals surface area contributed by atoms with Crippen LogP contribution in [0.25, 0.3) is 0 Å². The van der Waals surface area contributed by atoms with Gasteiger partial charge in [-0.05, 0) is 26.4 Å². The van der Waals surface area contributed by atoms with Crippen molar-refractivity contribution < 1.29 is 9.47 Å². The number of fused-ring (bicyclic) bond motifs is 2. The summed E-state index contributed by atoms with van der Waals surface area (Å²) in [6, 6.07) is 0. The van der Waals surface area contributed by atoms with E-state index in [1.165, 1.54) is 11.1 Å². The Morgan fingerprint density at radius 1 is 1.11 bits per heavy atom. The van der Waals surface area contributed by atoms with E-state index in [4.69, 9.17) is 21.1 Å². The number of nitrogens with one attached hydrogen (secondary N) is 1. The molecule has 3 rings (SSSR count). The first-order valence-corrected chi connectivity index (χ1v) is 6.97. The highest BCUT2D eigenvalue weighted by atomic mass is 35.5. The molecule has 0 aromatic heterocycles. The molecule has 1 N–H and O–H groups in total. The Morgan fingerprint density at radius 2 is 1.83 bits per heavy atom. The molecule has 0 aliphatic carbocycles. The summed E-state index contributed by atoms with van der Waals surface area (Å²) in [6.45, 7) is 2.51. The fourth-order valence-corrected chi connectivity index (χ4v) is 3.20. The van der Waals surface area contributed by atoms with Gasteiger partial charge in [0.25, 0.3) is 0 Å². The number of halogens is 1. The smallest absolute Gasteiger partial charge is 0.142 e. The second kappa shape index (κ2) is 4.98. The third kappa shape index (κ3) is 1.86. The molecule has 0 amide bonds. The average molecular weight is 268 g/mol. The number of rotatable bonds is 4. The quantitative estimate of drug-likeness (QED) is 0.850. The SMILES string of the molecule is CNCCCc1c2c(c(Cl)c3c1OCC3)OCC2. The van der Waals surface area contributed by atoms with Gasteiger partial charge in [-0.2, -0.15) is 0 Å². The van der Waals surface area contributed by atoms with E-state index < -0.39 is 0 Å². The first-order chi connectivity index (χ1) is 8.83. The summed E-state index contributed by atoms with van der Waals surface area (Å²) in [5.41, 5.74) is 3.75. The molecule has 2 aliphatic rings. The monoisotopic (exact) mass is 267 g/mol. The van der Waals surface area contributed by atoms with Crippen LogP contribution in [-0.4, -0.2) is 26.8 Å². The van der Waals surface area contributed by atoms with Gasteiger partial charge in [-0.25, -0.2) is 0 Å². The minimum absolute atomic E-state index is 0.747. The molecule has 0 spiro atoms. The van der Waals surface area contributed by atoms with Crippen LogP contribution in [0.5, 0.6) is 11.5 Å². The summed E-state index contributed by atoms with van der Waals surface area (Å²) < 4.78 is 11.5. The van der Waals surface area contributed by atoms with Crippen LogP contribution in [0.4, 0.5) is 0 Å².